The molecule has 0 aliphatic carbocycles. The second kappa shape index (κ2) is 5.53. The topological polar surface area (TPSA) is 47.3 Å². The zero-order valence-corrected chi connectivity index (χ0v) is 12.8. The lowest BCUT2D eigenvalue weighted by Crippen LogP contribution is -2.01. The summed E-state index contributed by atoms with van der Waals surface area (Å²) in [5, 5.41) is 3.38. The first-order chi connectivity index (χ1) is 9.02. The van der Waals surface area contributed by atoms with Gasteiger partial charge in [-0.05, 0) is 49.2 Å². The number of para-hydroxylation sites is 1. The van der Waals surface area contributed by atoms with Gasteiger partial charge in [0.1, 0.15) is 5.75 Å². The van der Waals surface area contributed by atoms with Gasteiger partial charge in [-0.1, -0.05) is 22.0 Å². The Morgan fingerprint density at radius 3 is 2.37 bits per heavy atom. The van der Waals surface area contributed by atoms with Crippen LogP contribution in [0.3, 0.4) is 0 Å². The van der Waals surface area contributed by atoms with Crippen LogP contribution in [0.5, 0.6) is 5.75 Å². The van der Waals surface area contributed by atoms with Crippen LogP contribution in [0.2, 0.25) is 0 Å². The molecule has 2 aromatic carbocycles. The summed E-state index contributed by atoms with van der Waals surface area (Å²) in [4.78, 5) is 0. The molecule has 0 fully saturated rings. The molecule has 0 unspecified atom stereocenters. The molecule has 0 saturated carbocycles. The number of nitrogens with two attached hydrogens (primary N) is 1. The van der Waals surface area contributed by atoms with Crippen molar-refractivity contribution in [2.45, 2.75) is 13.8 Å². The van der Waals surface area contributed by atoms with Gasteiger partial charge >= 0.3 is 0 Å². The number of benzene rings is 2. The van der Waals surface area contributed by atoms with E-state index in [-0.39, 0.29) is 0 Å². The maximum absolute atomic E-state index is 6.07. The highest BCUT2D eigenvalue weighted by Crippen LogP contribution is 2.34. The van der Waals surface area contributed by atoms with Crippen molar-refractivity contribution < 1.29 is 4.74 Å². The van der Waals surface area contributed by atoms with Crippen LogP contribution in [0.4, 0.5) is 17.1 Å². The molecule has 0 heterocycles. The highest BCUT2D eigenvalue weighted by molar-refractivity contribution is 9.10. The predicted octanol–water partition coefficient (Wildman–Crippen LogP) is 4.40. The molecule has 0 aliphatic heterocycles. The SMILES string of the molecule is COc1cccc(Nc2c(C)cc(Br)cc2C)c1N. The summed E-state index contributed by atoms with van der Waals surface area (Å²) in [5.41, 5.74) is 10.9. The van der Waals surface area contributed by atoms with Crippen molar-refractivity contribution in [2.24, 2.45) is 0 Å². The molecular weight excluding hydrogens is 304 g/mol. The second-order valence-electron chi connectivity index (χ2n) is 4.46. The Bertz CT molecular complexity index is 588. The minimum absolute atomic E-state index is 0.617. The van der Waals surface area contributed by atoms with Gasteiger partial charge in [-0.15, -0.1) is 0 Å². The Morgan fingerprint density at radius 2 is 1.79 bits per heavy atom. The summed E-state index contributed by atoms with van der Waals surface area (Å²) in [6, 6.07) is 9.86. The first-order valence-corrected chi connectivity index (χ1v) is 6.78. The third-order valence-electron chi connectivity index (χ3n) is 3.04. The van der Waals surface area contributed by atoms with Crippen LogP contribution in [0.25, 0.3) is 0 Å². The molecule has 0 atom stereocenters. The van der Waals surface area contributed by atoms with Crippen molar-refractivity contribution >= 4 is 33.0 Å². The number of methoxy groups -OCH3 is 1. The Labute approximate surface area is 121 Å². The lowest BCUT2D eigenvalue weighted by atomic mass is 10.1. The Kier molecular flexibility index (Phi) is 4.00. The van der Waals surface area contributed by atoms with Gasteiger partial charge in [-0.2, -0.15) is 0 Å². The molecule has 0 aromatic heterocycles. The van der Waals surface area contributed by atoms with E-state index >= 15 is 0 Å². The van der Waals surface area contributed by atoms with Crippen molar-refractivity contribution in [3.8, 4) is 5.75 Å². The monoisotopic (exact) mass is 320 g/mol. The first kappa shape index (κ1) is 13.7. The van der Waals surface area contributed by atoms with Crippen LogP contribution in [-0.2, 0) is 0 Å². The van der Waals surface area contributed by atoms with Crippen LogP contribution < -0.4 is 15.8 Å². The van der Waals surface area contributed by atoms with Gasteiger partial charge in [0.25, 0.3) is 0 Å². The molecule has 2 aromatic rings. The Morgan fingerprint density at radius 1 is 1.16 bits per heavy atom. The van der Waals surface area contributed by atoms with E-state index in [0.717, 1.165) is 27.0 Å². The lowest BCUT2D eigenvalue weighted by molar-refractivity contribution is 0.417. The second-order valence-corrected chi connectivity index (χ2v) is 5.38. The number of hydrogen-bond donors (Lipinski definition) is 2. The summed E-state index contributed by atoms with van der Waals surface area (Å²) in [5.74, 6) is 0.678. The highest BCUT2D eigenvalue weighted by Gasteiger charge is 2.09. The van der Waals surface area contributed by atoms with Crippen molar-refractivity contribution in [1.29, 1.82) is 0 Å². The van der Waals surface area contributed by atoms with Crippen LogP contribution >= 0.6 is 15.9 Å². The number of rotatable bonds is 3. The Balaban J connectivity index is 2.42. The van der Waals surface area contributed by atoms with E-state index in [9.17, 15) is 0 Å². The summed E-state index contributed by atoms with van der Waals surface area (Å²) in [6.07, 6.45) is 0. The van der Waals surface area contributed by atoms with Crippen molar-refractivity contribution in [3.05, 3.63) is 45.9 Å². The molecule has 2 rings (SSSR count). The minimum Gasteiger partial charge on any atom is -0.495 e. The zero-order chi connectivity index (χ0) is 14.0. The fourth-order valence-electron chi connectivity index (χ4n) is 2.07. The predicted molar refractivity (Wildman–Crippen MR) is 84.3 cm³/mol. The maximum Gasteiger partial charge on any atom is 0.143 e. The summed E-state index contributed by atoms with van der Waals surface area (Å²) >= 11 is 3.50. The van der Waals surface area contributed by atoms with Crippen molar-refractivity contribution in [3.63, 3.8) is 0 Å². The van der Waals surface area contributed by atoms with Crippen LogP contribution in [0, 0.1) is 13.8 Å². The fourth-order valence-corrected chi connectivity index (χ4v) is 2.76. The van der Waals surface area contributed by atoms with Gasteiger partial charge in [0, 0.05) is 10.2 Å². The van der Waals surface area contributed by atoms with Gasteiger partial charge in [-0.25, -0.2) is 0 Å². The van der Waals surface area contributed by atoms with Gasteiger partial charge < -0.3 is 15.8 Å². The summed E-state index contributed by atoms with van der Waals surface area (Å²) in [7, 11) is 1.62. The van der Waals surface area contributed by atoms with E-state index in [2.05, 4.69) is 47.2 Å². The molecule has 3 N–H and O–H groups in total. The number of nitrogens with one attached hydrogen (secondary N) is 1. The van der Waals surface area contributed by atoms with Crippen LogP contribution in [0.1, 0.15) is 11.1 Å². The molecule has 0 spiro atoms. The number of anilines is 3. The highest BCUT2D eigenvalue weighted by atomic mass is 79.9. The van der Waals surface area contributed by atoms with E-state index < -0.39 is 0 Å². The quantitative estimate of drug-likeness (QED) is 0.824. The third kappa shape index (κ3) is 2.84. The summed E-state index contributed by atoms with van der Waals surface area (Å²) < 4.78 is 6.31. The maximum atomic E-state index is 6.07. The van der Waals surface area contributed by atoms with E-state index in [1.54, 1.807) is 7.11 Å². The molecule has 0 amide bonds. The standard InChI is InChI=1S/C15H17BrN2O/c1-9-7-11(16)8-10(2)15(9)18-12-5-4-6-13(19-3)14(12)17/h4-8,18H,17H2,1-3H3. The van der Waals surface area contributed by atoms with Crippen LogP contribution in [-0.4, -0.2) is 7.11 Å². The Hall–Kier alpha value is -1.68. The number of nitrogen functional groups attached to an aromatic ring is 1. The van der Waals surface area contributed by atoms with Crippen molar-refractivity contribution in [1.82, 2.24) is 0 Å². The molecule has 0 saturated heterocycles. The molecule has 19 heavy (non-hydrogen) atoms. The average Bonchev–Trinajstić information content (AvgIpc) is 2.35. The zero-order valence-electron chi connectivity index (χ0n) is 11.3. The molecule has 0 radical (unpaired) electrons. The van der Waals surface area contributed by atoms with E-state index in [4.69, 9.17) is 10.5 Å². The number of aryl methyl sites for hydroxylation is 2. The molecular formula is C15H17BrN2O. The first-order valence-electron chi connectivity index (χ1n) is 5.99. The number of halogens is 1. The fraction of sp³-hybridized carbons (Fsp3) is 0.200. The van der Waals surface area contributed by atoms with Gasteiger partial charge in [-0.3, -0.25) is 0 Å². The van der Waals surface area contributed by atoms with E-state index in [0.29, 0.717) is 11.4 Å². The van der Waals surface area contributed by atoms with E-state index in [1.165, 1.54) is 0 Å². The van der Waals surface area contributed by atoms with Gasteiger partial charge in [0.15, 0.2) is 0 Å². The normalized spacial score (nSPS) is 10.3. The molecule has 0 bridgehead atoms. The van der Waals surface area contributed by atoms with Crippen molar-refractivity contribution in [2.75, 3.05) is 18.2 Å². The third-order valence-corrected chi connectivity index (χ3v) is 3.50. The smallest absolute Gasteiger partial charge is 0.143 e. The molecule has 3 nitrogen and oxygen atoms in total. The largest absolute Gasteiger partial charge is 0.495 e. The number of ether oxygens (including phenoxy) is 1. The van der Waals surface area contributed by atoms with Crippen LogP contribution in [0.15, 0.2) is 34.8 Å². The summed E-state index contributed by atoms with van der Waals surface area (Å²) in [6.45, 7) is 4.13. The number of hydrogen-bond acceptors (Lipinski definition) is 3. The minimum atomic E-state index is 0.617. The molecule has 4 heteroatoms. The van der Waals surface area contributed by atoms with E-state index in [1.807, 2.05) is 18.2 Å². The average molecular weight is 321 g/mol. The lowest BCUT2D eigenvalue weighted by Gasteiger charge is -2.16. The van der Waals surface area contributed by atoms with Gasteiger partial charge in [0.2, 0.25) is 0 Å². The van der Waals surface area contributed by atoms with Gasteiger partial charge in [0.05, 0.1) is 18.5 Å². The molecule has 0 aliphatic rings. The molecule has 100 valence electrons.